The number of fused-ring (bicyclic) bond motifs is 1. The van der Waals surface area contributed by atoms with Crippen LogP contribution in [-0.4, -0.2) is 29.1 Å². The predicted octanol–water partition coefficient (Wildman–Crippen LogP) is 5.24. The van der Waals surface area contributed by atoms with Crippen molar-refractivity contribution in [1.29, 1.82) is 0 Å². The highest BCUT2D eigenvalue weighted by atomic mass is 35.5. The van der Waals surface area contributed by atoms with Gasteiger partial charge in [0, 0.05) is 42.5 Å². The number of halogens is 3. The van der Waals surface area contributed by atoms with Crippen molar-refractivity contribution in [2.45, 2.75) is 26.3 Å². The van der Waals surface area contributed by atoms with E-state index in [4.69, 9.17) is 11.6 Å². The minimum absolute atomic E-state index is 0.157. The third kappa shape index (κ3) is 5.45. The molecule has 0 fully saturated rings. The van der Waals surface area contributed by atoms with Crippen LogP contribution < -0.4 is 10.0 Å². The van der Waals surface area contributed by atoms with Gasteiger partial charge in [-0.25, -0.2) is 27.2 Å². The van der Waals surface area contributed by atoms with Gasteiger partial charge in [-0.05, 0) is 41.8 Å². The molecule has 0 saturated heterocycles. The molecular formula is C23H22ClF2N5O2S. The molecule has 0 saturated carbocycles. The van der Waals surface area contributed by atoms with Crippen LogP contribution in [0.25, 0.3) is 11.0 Å². The van der Waals surface area contributed by atoms with Crippen molar-refractivity contribution < 1.29 is 17.2 Å². The summed E-state index contributed by atoms with van der Waals surface area (Å²) < 4.78 is 55.1. The Kier molecular flexibility index (Phi) is 6.99. The standard InChI is InChI=1S/C23H22ClF2N5O2S/c1-2-7-34(32,33)31-20-5-4-19(25)18(22(20)26)13-28-21-6-3-14(10-27-21)8-15-11-29-23-17(15)9-16(24)12-30-23/h3-6,9-12,31H,2,7-8,13H2,1H3,(H,27,28)(H,29,30). The Morgan fingerprint density at radius 2 is 1.94 bits per heavy atom. The highest BCUT2D eigenvalue weighted by Gasteiger charge is 2.18. The van der Waals surface area contributed by atoms with E-state index in [1.54, 1.807) is 25.4 Å². The smallest absolute Gasteiger partial charge is 0.232 e. The number of hydrogen-bond acceptors (Lipinski definition) is 5. The zero-order chi connectivity index (χ0) is 24.3. The molecule has 0 aliphatic rings. The Morgan fingerprint density at radius 1 is 1.12 bits per heavy atom. The van der Waals surface area contributed by atoms with Gasteiger partial charge in [-0.2, -0.15) is 0 Å². The molecule has 178 valence electrons. The quantitative estimate of drug-likeness (QED) is 0.289. The number of benzene rings is 1. The Bertz CT molecular complexity index is 1430. The number of pyridine rings is 2. The van der Waals surface area contributed by atoms with Crippen molar-refractivity contribution in [3.8, 4) is 0 Å². The van der Waals surface area contributed by atoms with Gasteiger partial charge in [0.1, 0.15) is 17.3 Å². The Labute approximate surface area is 200 Å². The van der Waals surface area contributed by atoms with Crippen molar-refractivity contribution in [1.82, 2.24) is 15.0 Å². The average molecular weight is 506 g/mol. The first kappa shape index (κ1) is 23.9. The maximum atomic E-state index is 14.8. The highest BCUT2D eigenvalue weighted by molar-refractivity contribution is 7.92. The second-order valence-electron chi connectivity index (χ2n) is 7.75. The van der Waals surface area contributed by atoms with Gasteiger partial charge < -0.3 is 10.3 Å². The van der Waals surface area contributed by atoms with E-state index in [1.807, 2.05) is 18.3 Å². The Morgan fingerprint density at radius 3 is 2.68 bits per heavy atom. The van der Waals surface area contributed by atoms with Gasteiger partial charge in [0.2, 0.25) is 10.0 Å². The van der Waals surface area contributed by atoms with Crippen LogP contribution in [0.3, 0.4) is 0 Å². The zero-order valence-corrected chi connectivity index (χ0v) is 19.8. The maximum absolute atomic E-state index is 14.8. The van der Waals surface area contributed by atoms with Crippen molar-refractivity contribution in [2.24, 2.45) is 0 Å². The molecule has 0 atom stereocenters. The van der Waals surface area contributed by atoms with Crippen LogP contribution in [0.4, 0.5) is 20.3 Å². The highest BCUT2D eigenvalue weighted by Crippen LogP contribution is 2.25. The summed E-state index contributed by atoms with van der Waals surface area (Å²) in [7, 11) is -3.71. The lowest BCUT2D eigenvalue weighted by Crippen LogP contribution is -2.18. The molecule has 0 bridgehead atoms. The maximum Gasteiger partial charge on any atom is 0.232 e. The molecule has 0 amide bonds. The molecule has 3 aromatic heterocycles. The Balaban J connectivity index is 1.45. The van der Waals surface area contributed by atoms with E-state index in [9.17, 15) is 17.2 Å². The first-order valence-corrected chi connectivity index (χ1v) is 12.6. The largest absolute Gasteiger partial charge is 0.366 e. The minimum atomic E-state index is -3.71. The average Bonchev–Trinajstić information content (AvgIpc) is 3.18. The second kappa shape index (κ2) is 9.94. The molecule has 0 aliphatic heterocycles. The lowest BCUT2D eigenvalue weighted by molar-refractivity contribution is 0.561. The molecule has 3 heterocycles. The number of aromatic nitrogens is 3. The summed E-state index contributed by atoms with van der Waals surface area (Å²) in [6.45, 7) is 1.49. The SMILES string of the molecule is CCCS(=O)(=O)Nc1ccc(F)c(CNc2ccc(Cc3c[nH]c4ncc(Cl)cc34)cn2)c1F. The molecule has 0 spiro atoms. The Hall–Kier alpha value is -3.24. The number of H-pyrrole nitrogens is 1. The molecule has 34 heavy (non-hydrogen) atoms. The normalized spacial score (nSPS) is 11.6. The van der Waals surface area contributed by atoms with Gasteiger partial charge >= 0.3 is 0 Å². The van der Waals surface area contributed by atoms with Crippen LogP contribution in [0.1, 0.15) is 30.0 Å². The van der Waals surface area contributed by atoms with Crippen LogP contribution in [0.5, 0.6) is 0 Å². The van der Waals surface area contributed by atoms with Crippen LogP contribution in [0.15, 0.2) is 48.9 Å². The van der Waals surface area contributed by atoms with Gasteiger partial charge in [0.05, 0.1) is 16.5 Å². The molecule has 4 rings (SSSR count). The van der Waals surface area contributed by atoms with E-state index in [2.05, 4.69) is 25.0 Å². The molecule has 7 nitrogen and oxygen atoms in total. The third-order valence-electron chi connectivity index (χ3n) is 5.17. The summed E-state index contributed by atoms with van der Waals surface area (Å²) in [5.74, 6) is -1.49. The van der Waals surface area contributed by atoms with E-state index in [1.165, 1.54) is 0 Å². The van der Waals surface area contributed by atoms with Gasteiger partial charge in [-0.1, -0.05) is 24.6 Å². The van der Waals surface area contributed by atoms with Gasteiger partial charge in [0.25, 0.3) is 0 Å². The van der Waals surface area contributed by atoms with Crippen LogP contribution in [0, 0.1) is 11.6 Å². The summed E-state index contributed by atoms with van der Waals surface area (Å²) in [5.41, 5.74) is 2.11. The molecule has 0 aliphatic carbocycles. The lowest BCUT2D eigenvalue weighted by Gasteiger charge is -2.13. The van der Waals surface area contributed by atoms with Crippen LogP contribution >= 0.6 is 11.6 Å². The van der Waals surface area contributed by atoms with E-state index in [-0.39, 0.29) is 23.5 Å². The van der Waals surface area contributed by atoms with E-state index in [0.29, 0.717) is 23.7 Å². The van der Waals surface area contributed by atoms with E-state index < -0.39 is 21.7 Å². The summed E-state index contributed by atoms with van der Waals surface area (Å²) in [6.07, 6.45) is 6.08. The third-order valence-corrected chi connectivity index (χ3v) is 6.86. The molecular weight excluding hydrogens is 484 g/mol. The molecule has 0 radical (unpaired) electrons. The van der Waals surface area contributed by atoms with E-state index >= 15 is 0 Å². The van der Waals surface area contributed by atoms with E-state index in [0.717, 1.165) is 34.3 Å². The first-order valence-electron chi connectivity index (χ1n) is 10.5. The first-order chi connectivity index (χ1) is 16.3. The summed E-state index contributed by atoms with van der Waals surface area (Å²) >= 11 is 6.05. The monoisotopic (exact) mass is 505 g/mol. The zero-order valence-electron chi connectivity index (χ0n) is 18.2. The minimum Gasteiger partial charge on any atom is -0.366 e. The summed E-state index contributed by atoms with van der Waals surface area (Å²) in [5, 5.41) is 4.35. The van der Waals surface area contributed by atoms with Crippen molar-refractivity contribution in [2.75, 3.05) is 15.8 Å². The number of nitrogens with one attached hydrogen (secondary N) is 3. The predicted molar refractivity (Wildman–Crippen MR) is 130 cm³/mol. The summed E-state index contributed by atoms with van der Waals surface area (Å²) in [6, 6.07) is 7.51. The van der Waals surface area contributed by atoms with Crippen LogP contribution in [-0.2, 0) is 23.0 Å². The molecule has 3 N–H and O–H groups in total. The van der Waals surface area contributed by atoms with Crippen molar-refractivity contribution >= 4 is 44.2 Å². The lowest BCUT2D eigenvalue weighted by atomic mass is 10.1. The number of nitrogens with zero attached hydrogens (tertiary/aromatic N) is 2. The fourth-order valence-corrected chi connectivity index (χ4v) is 4.83. The molecule has 1 aromatic carbocycles. The molecule has 4 aromatic rings. The molecule has 0 unspecified atom stereocenters. The topological polar surface area (TPSA) is 99.8 Å². The van der Waals surface area contributed by atoms with Crippen LogP contribution in [0.2, 0.25) is 5.02 Å². The number of rotatable bonds is 9. The fourth-order valence-electron chi connectivity index (χ4n) is 3.54. The number of anilines is 2. The summed E-state index contributed by atoms with van der Waals surface area (Å²) in [4.78, 5) is 11.7. The second-order valence-corrected chi connectivity index (χ2v) is 10.0. The number of sulfonamides is 1. The van der Waals surface area contributed by atoms with Crippen molar-refractivity contribution in [3.05, 3.63) is 82.3 Å². The fraction of sp³-hybridized carbons (Fsp3) is 0.217. The molecule has 11 heteroatoms. The van der Waals surface area contributed by atoms with Gasteiger partial charge in [-0.3, -0.25) is 4.72 Å². The van der Waals surface area contributed by atoms with Gasteiger partial charge in [0.15, 0.2) is 5.82 Å². The van der Waals surface area contributed by atoms with Crippen molar-refractivity contribution in [3.63, 3.8) is 0 Å². The van der Waals surface area contributed by atoms with Gasteiger partial charge in [-0.15, -0.1) is 0 Å². The number of hydrogen-bond donors (Lipinski definition) is 3. The number of aromatic amines is 1.